The van der Waals surface area contributed by atoms with Crippen molar-refractivity contribution in [3.05, 3.63) is 60.5 Å². The first-order valence-electron chi connectivity index (χ1n) is 4.12. The molecule has 0 bridgehead atoms. The van der Waals surface area contributed by atoms with Crippen molar-refractivity contribution in [1.82, 2.24) is 5.32 Å². The summed E-state index contributed by atoms with van der Waals surface area (Å²) < 4.78 is 0. The van der Waals surface area contributed by atoms with Crippen LogP contribution >= 0.6 is 0 Å². The summed E-state index contributed by atoms with van der Waals surface area (Å²) in [5, 5.41) is 3.24. The van der Waals surface area contributed by atoms with Crippen molar-refractivity contribution in [2.24, 2.45) is 5.92 Å². The van der Waals surface area contributed by atoms with E-state index in [0.29, 0.717) is 5.92 Å². The summed E-state index contributed by atoms with van der Waals surface area (Å²) >= 11 is 0. The molecule has 0 atom stereocenters. The summed E-state index contributed by atoms with van der Waals surface area (Å²) in [4.78, 5) is 0. The van der Waals surface area contributed by atoms with Crippen LogP contribution in [0.5, 0.6) is 0 Å². The SMILES string of the molecule is C1=CC=C(C2C=CC=C2)NC=C1. The Hall–Kier alpha value is -1.50. The van der Waals surface area contributed by atoms with Crippen LogP contribution in [0.4, 0.5) is 0 Å². The summed E-state index contributed by atoms with van der Waals surface area (Å²) in [6.07, 6.45) is 18.6. The van der Waals surface area contributed by atoms with E-state index in [9.17, 15) is 0 Å². The largest absolute Gasteiger partial charge is 0.364 e. The van der Waals surface area contributed by atoms with Crippen molar-refractivity contribution in [3.63, 3.8) is 0 Å². The predicted octanol–water partition coefficient (Wildman–Crippen LogP) is 2.29. The lowest BCUT2D eigenvalue weighted by Gasteiger charge is -2.09. The molecule has 0 aromatic heterocycles. The normalized spacial score (nSPS) is 20.8. The number of hydrogen-bond acceptors (Lipinski definition) is 1. The first kappa shape index (κ1) is 7.17. The molecule has 1 N–H and O–H groups in total. The second kappa shape index (κ2) is 3.26. The summed E-state index contributed by atoms with van der Waals surface area (Å²) in [5.74, 6) is 0.428. The Kier molecular flexibility index (Phi) is 1.95. The zero-order valence-corrected chi connectivity index (χ0v) is 6.77. The Labute approximate surface area is 72.5 Å². The van der Waals surface area contributed by atoms with Gasteiger partial charge in [-0.05, 0) is 12.2 Å². The van der Waals surface area contributed by atoms with E-state index in [1.807, 2.05) is 24.4 Å². The maximum atomic E-state index is 3.24. The minimum atomic E-state index is 0.428. The van der Waals surface area contributed by atoms with Gasteiger partial charge in [0.25, 0.3) is 0 Å². The third-order valence-electron chi connectivity index (χ3n) is 1.95. The van der Waals surface area contributed by atoms with E-state index in [0.717, 1.165) is 0 Å². The molecule has 0 unspecified atom stereocenters. The third kappa shape index (κ3) is 1.40. The lowest BCUT2D eigenvalue weighted by Crippen LogP contribution is -2.10. The minimum absolute atomic E-state index is 0.428. The number of rotatable bonds is 1. The van der Waals surface area contributed by atoms with Crippen LogP contribution in [-0.4, -0.2) is 0 Å². The monoisotopic (exact) mass is 157 g/mol. The quantitative estimate of drug-likeness (QED) is 0.615. The molecule has 0 saturated carbocycles. The lowest BCUT2D eigenvalue weighted by molar-refractivity contribution is 0.870. The Morgan fingerprint density at radius 1 is 0.917 bits per heavy atom. The molecule has 1 aliphatic heterocycles. The molecule has 0 amide bonds. The van der Waals surface area contributed by atoms with Crippen molar-refractivity contribution in [1.29, 1.82) is 0 Å². The first-order valence-corrected chi connectivity index (χ1v) is 4.12. The van der Waals surface area contributed by atoms with Gasteiger partial charge in [-0.15, -0.1) is 0 Å². The van der Waals surface area contributed by atoms with Crippen LogP contribution in [0.3, 0.4) is 0 Å². The van der Waals surface area contributed by atoms with Gasteiger partial charge in [-0.3, -0.25) is 0 Å². The van der Waals surface area contributed by atoms with Crippen LogP contribution in [0, 0.1) is 5.92 Å². The average molecular weight is 157 g/mol. The van der Waals surface area contributed by atoms with E-state index in [1.54, 1.807) is 0 Å². The number of hydrogen-bond donors (Lipinski definition) is 1. The summed E-state index contributed by atoms with van der Waals surface area (Å²) in [6.45, 7) is 0. The summed E-state index contributed by atoms with van der Waals surface area (Å²) in [5.41, 5.74) is 1.23. The molecule has 0 aromatic carbocycles. The zero-order valence-electron chi connectivity index (χ0n) is 6.77. The molecule has 0 fully saturated rings. The maximum Gasteiger partial charge on any atom is 0.0356 e. The Morgan fingerprint density at radius 3 is 2.58 bits per heavy atom. The van der Waals surface area contributed by atoms with E-state index in [4.69, 9.17) is 0 Å². The lowest BCUT2D eigenvalue weighted by atomic mass is 10.1. The van der Waals surface area contributed by atoms with Gasteiger partial charge in [0.15, 0.2) is 0 Å². The first-order chi connectivity index (χ1) is 5.97. The second-order valence-corrected chi connectivity index (χ2v) is 2.81. The van der Waals surface area contributed by atoms with Gasteiger partial charge < -0.3 is 5.32 Å². The highest BCUT2D eigenvalue weighted by molar-refractivity contribution is 5.32. The van der Waals surface area contributed by atoms with Crippen molar-refractivity contribution in [2.45, 2.75) is 0 Å². The third-order valence-corrected chi connectivity index (χ3v) is 1.95. The van der Waals surface area contributed by atoms with Crippen molar-refractivity contribution >= 4 is 0 Å². The van der Waals surface area contributed by atoms with E-state index in [1.165, 1.54) is 5.70 Å². The van der Waals surface area contributed by atoms with E-state index < -0.39 is 0 Å². The smallest absolute Gasteiger partial charge is 0.0356 e. The van der Waals surface area contributed by atoms with E-state index in [-0.39, 0.29) is 0 Å². The molecule has 60 valence electrons. The molecule has 1 heterocycles. The maximum absolute atomic E-state index is 3.24. The van der Waals surface area contributed by atoms with Gasteiger partial charge in [0.1, 0.15) is 0 Å². The minimum Gasteiger partial charge on any atom is -0.364 e. The highest BCUT2D eigenvalue weighted by Crippen LogP contribution is 2.17. The van der Waals surface area contributed by atoms with E-state index >= 15 is 0 Å². The molecule has 2 aliphatic rings. The molecule has 1 heteroatoms. The van der Waals surface area contributed by atoms with E-state index in [2.05, 4.69) is 35.7 Å². The molecule has 1 nitrogen and oxygen atoms in total. The van der Waals surface area contributed by atoms with Gasteiger partial charge in [-0.2, -0.15) is 0 Å². The molecule has 0 spiro atoms. The molecule has 0 saturated heterocycles. The Balaban J connectivity index is 2.17. The van der Waals surface area contributed by atoms with Gasteiger partial charge in [0.2, 0.25) is 0 Å². The van der Waals surface area contributed by atoms with Crippen molar-refractivity contribution in [2.75, 3.05) is 0 Å². The van der Waals surface area contributed by atoms with Crippen molar-refractivity contribution in [3.8, 4) is 0 Å². The summed E-state index contributed by atoms with van der Waals surface area (Å²) in [6, 6.07) is 0. The fourth-order valence-electron chi connectivity index (χ4n) is 1.32. The van der Waals surface area contributed by atoms with Crippen molar-refractivity contribution < 1.29 is 0 Å². The van der Waals surface area contributed by atoms with Crippen LogP contribution < -0.4 is 5.32 Å². The fourth-order valence-corrected chi connectivity index (χ4v) is 1.32. The second-order valence-electron chi connectivity index (χ2n) is 2.81. The topological polar surface area (TPSA) is 12.0 Å². The van der Waals surface area contributed by atoms with Crippen LogP contribution in [0.1, 0.15) is 0 Å². The predicted molar refractivity (Wildman–Crippen MR) is 51.3 cm³/mol. The van der Waals surface area contributed by atoms with Gasteiger partial charge in [0.05, 0.1) is 0 Å². The zero-order chi connectivity index (χ0) is 8.23. The molecule has 1 aliphatic carbocycles. The highest BCUT2D eigenvalue weighted by Gasteiger charge is 2.08. The van der Waals surface area contributed by atoms with Crippen LogP contribution in [0.2, 0.25) is 0 Å². The van der Waals surface area contributed by atoms with Gasteiger partial charge in [-0.25, -0.2) is 0 Å². The molecule has 0 radical (unpaired) electrons. The fraction of sp³-hybridized carbons (Fsp3) is 0.0909. The van der Waals surface area contributed by atoms with Crippen LogP contribution in [0.25, 0.3) is 0 Å². The average Bonchev–Trinajstić information content (AvgIpc) is 2.48. The Bertz CT molecular complexity index is 291. The van der Waals surface area contributed by atoms with Crippen LogP contribution in [0.15, 0.2) is 60.5 Å². The molecular weight excluding hydrogens is 146 g/mol. The Morgan fingerprint density at radius 2 is 1.75 bits per heavy atom. The number of allylic oxidation sites excluding steroid dienone is 7. The molecule has 2 rings (SSSR count). The molecule has 0 aromatic rings. The molecule has 12 heavy (non-hydrogen) atoms. The van der Waals surface area contributed by atoms with Crippen LogP contribution in [-0.2, 0) is 0 Å². The summed E-state index contributed by atoms with van der Waals surface area (Å²) in [7, 11) is 0. The van der Waals surface area contributed by atoms with Gasteiger partial charge >= 0.3 is 0 Å². The van der Waals surface area contributed by atoms with Gasteiger partial charge in [-0.1, -0.05) is 36.5 Å². The molecular formula is C11H11N. The number of nitrogens with one attached hydrogen (secondary N) is 1. The standard InChI is InChI=1S/C11H11N/c1-2-8-11(12-9-5-1)10-6-3-4-7-10/h1-10,12H. The van der Waals surface area contributed by atoms with Gasteiger partial charge in [0, 0.05) is 17.8 Å². The highest BCUT2D eigenvalue weighted by atomic mass is 14.9.